The maximum Gasteiger partial charge on any atom is 0.269 e. The average molecular weight is 505 g/mol. The van der Waals surface area contributed by atoms with Gasteiger partial charge in [-0.25, -0.2) is 4.98 Å². The van der Waals surface area contributed by atoms with E-state index in [1.807, 2.05) is 6.92 Å². The monoisotopic (exact) mass is 504 g/mol. The van der Waals surface area contributed by atoms with E-state index in [0.717, 1.165) is 5.52 Å². The van der Waals surface area contributed by atoms with Crippen LogP contribution in [0.3, 0.4) is 0 Å². The first-order valence-corrected chi connectivity index (χ1v) is 11.3. The Morgan fingerprint density at radius 1 is 1.22 bits per heavy atom. The van der Waals surface area contributed by atoms with Gasteiger partial charge in [0.1, 0.15) is 24.3 Å². The highest BCUT2D eigenvalue weighted by atomic mass is 35.5. The molecule has 4 rings (SSSR count). The van der Waals surface area contributed by atoms with Crippen molar-refractivity contribution in [2.75, 3.05) is 13.7 Å². The van der Waals surface area contributed by atoms with Crippen LogP contribution in [0, 0.1) is 21.4 Å². The smallest absolute Gasteiger partial charge is 0.269 e. The van der Waals surface area contributed by atoms with Crippen LogP contribution in [0.4, 0.5) is 5.69 Å². The van der Waals surface area contributed by atoms with Gasteiger partial charge >= 0.3 is 0 Å². The van der Waals surface area contributed by atoms with Crippen molar-refractivity contribution < 1.29 is 19.1 Å². The molecule has 0 amide bonds. The zero-order valence-corrected chi connectivity index (χ0v) is 20.2. The number of nitro benzene ring substituents is 1. The van der Waals surface area contributed by atoms with Crippen molar-refractivity contribution in [3.8, 4) is 23.3 Å². The molecule has 0 atom stereocenters. The van der Waals surface area contributed by atoms with Gasteiger partial charge in [0, 0.05) is 18.2 Å². The largest absolute Gasteiger partial charge is 0.497 e. The second-order valence-electron chi connectivity index (χ2n) is 7.62. The lowest BCUT2D eigenvalue weighted by atomic mass is 10.1. The number of nitrogens with zero attached hydrogens (tertiary/aromatic N) is 3. The summed E-state index contributed by atoms with van der Waals surface area (Å²) in [6.07, 6.45) is 1.65. The van der Waals surface area contributed by atoms with Crippen LogP contribution in [-0.2, 0) is 6.61 Å². The van der Waals surface area contributed by atoms with Crippen molar-refractivity contribution in [2.24, 2.45) is 0 Å². The number of hydrogen-bond acceptors (Lipinski definition) is 7. The van der Waals surface area contributed by atoms with Crippen LogP contribution in [0.5, 0.6) is 17.2 Å². The van der Waals surface area contributed by atoms with E-state index in [4.69, 9.17) is 25.8 Å². The quantitative estimate of drug-likeness (QED) is 0.164. The predicted octanol–water partition coefficient (Wildman–Crippen LogP) is 6.17. The summed E-state index contributed by atoms with van der Waals surface area (Å²) in [5, 5.41) is 21.1. The summed E-state index contributed by atoms with van der Waals surface area (Å²) in [4.78, 5) is 18.2. The lowest BCUT2D eigenvalue weighted by Crippen LogP contribution is -2.01. The highest BCUT2D eigenvalue weighted by Gasteiger charge is 2.15. The Kier molecular flexibility index (Phi) is 7.37. The van der Waals surface area contributed by atoms with Gasteiger partial charge < -0.3 is 19.2 Å². The standard InChI is InChI=1S/C26H21ClN4O5/c1-3-35-24-12-17(9-18(14-28)26-29-22-8-7-20(34-2)13-23(22)30-26)11-21(27)25(24)36-15-16-5-4-6-19(10-16)31(32)33/h4-13H,3,15H2,1-2H3,(H,29,30)/b18-9-. The molecular formula is C26H21ClN4O5. The number of hydrogen-bond donors (Lipinski definition) is 1. The summed E-state index contributed by atoms with van der Waals surface area (Å²) in [5.41, 5.74) is 2.93. The summed E-state index contributed by atoms with van der Waals surface area (Å²) in [6.45, 7) is 2.24. The number of aromatic amines is 1. The summed E-state index contributed by atoms with van der Waals surface area (Å²) in [6, 6.07) is 17.1. The molecule has 0 radical (unpaired) electrons. The second kappa shape index (κ2) is 10.8. The lowest BCUT2D eigenvalue weighted by Gasteiger charge is -2.14. The van der Waals surface area contributed by atoms with Gasteiger partial charge in [0.2, 0.25) is 0 Å². The molecule has 9 nitrogen and oxygen atoms in total. The van der Waals surface area contributed by atoms with Crippen molar-refractivity contribution in [1.29, 1.82) is 5.26 Å². The van der Waals surface area contributed by atoms with Gasteiger partial charge in [0.05, 0.1) is 40.3 Å². The molecule has 0 unspecified atom stereocenters. The topological polar surface area (TPSA) is 123 Å². The second-order valence-corrected chi connectivity index (χ2v) is 8.02. The van der Waals surface area contributed by atoms with Crippen molar-refractivity contribution in [2.45, 2.75) is 13.5 Å². The van der Waals surface area contributed by atoms with Gasteiger partial charge in [0.25, 0.3) is 5.69 Å². The highest BCUT2D eigenvalue weighted by molar-refractivity contribution is 6.32. The third-order valence-electron chi connectivity index (χ3n) is 5.21. The molecule has 1 N–H and O–H groups in total. The number of allylic oxidation sites excluding steroid dienone is 1. The molecule has 182 valence electrons. The molecule has 0 aliphatic heterocycles. The molecule has 0 fully saturated rings. The Balaban J connectivity index is 1.64. The van der Waals surface area contributed by atoms with Crippen molar-refractivity contribution in [1.82, 2.24) is 9.97 Å². The average Bonchev–Trinajstić information content (AvgIpc) is 3.30. The molecule has 10 heteroatoms. The first kappa shape index (κ1) is 24.6. The van der Waals surface area contributed by atoms with Gasteiger partial charge in [-0.15, -0.1) is 0 Å². The van der Waals surface area contributed by atoms with E-state index in [0.29, 0.717) is 51.9 Å². The van der Waals surface area contributed by atoms with E-state index in [-0.39, 0.29) is 17.3 Å². The zero-order chi connectivity index (χ0) is 25.7. The summed E-state index contributed by atoms with van der Waals surface area (Å²) >= 11 is 6.53. The Bertz CT molecular complexity index is 1510. The Morgan fingerprint density at radius 2 is 2.06 bits per heavy atom. The summed E-state index contributed by atoms with van der Waals surface area (Å²) in [7, 11) is 1.58. The lowest BCUT2D eigenvalue weighted by molar-refractivity contribution is -0.384. The number of imidazole rings is 1. The van der Waals surface area contributed by atoms with Crippen LogP contribution < -0.4 is 14.2 Å². The summed E-state index contributed by atoms with van der Waals surface area (Å²) in [5.74, 6) is 1.76. The predicted molar refractivity (Wildman–Crippen MR) is 136 cm³/mol. The number of nitro groups is 1. The molecule has 0 saturated heterocycles. The Hall–Kier alpha value is -4.55. The van der Waals surface area contributed by atoms with Crippen molar-refractivity contribution in [3.63, 3.8) is 0 Å². The van der Waals surface area contributed by atoms with E-state index in [1.165, 1.54) is 12.1 Å². The molecule has 4 aromatic rings. The van der Waals surface area contributed by atoms with Crippen LogP contribution in [-0.4, -0.2) is 28.6 Å². The Morgan fingerprint density at radius 3 is 2.78 bits per heavy atom. The molecule has 0 bridgehead atoms. The highest BCUT2D eigenvalue weighted by Crippen LogP contribution is 2.38. The number of H-pyrrole nitrogens is 1. The zero-order valence-electron chi connectivity index (χ0n) is 19.4. The minimum atomic E-state index is -0.464. The minimum Gasteiger partial charge on any atom is -0.497 e. The number of fused-ring (bicyclic) bond motifs is 1. The van der Waals surface area contributed by atoms with E-state index in [1.54, 1.807) is 55.7 Å². The van der Waals surface area contributed by atoms with Gasteiger partial charge in [-0.2, -0.15) is 5.26 Å². The maximum atomic E-state index is 11.0. The van der Waals surface area contributed by atoms with E-state index in [9.17, 15) is 15.4 Å². The number of aromatic nitrogens is 2. The number of methoxy groups -OCH3 is 1. The van der Waals surface area contributed by atoms with Gasteiger partial charge in [-0.1, -0.05) is 23.7 Å². The fourth-order valence-electron chi connectivity index (χ4n) is 3.55. The number of rotatable bonds is 9. The van der Waals surface area contributed by atoms with Gasteiger partial charge in [0.15, 0.2) is 11.5 Å². The van der Waals surface area contributed by atoms with Crippen LogP contribution in [0.25, 0.3) is 22.7 Å². The normalized spacial score (nSPS) is 11.2. The van der Waals surface area contributed by atoms with Crippen LogP contribution in [0.15, 0.2) is 54.6 Å². The molecule has 1 heterocycles. The number of benzene rings is 3. The van der Waals surface area contributed by atoms with Crippen molar-refractivity contribution >= 4 is 40.0 Å². The molecule has 36 heavy (non-hydrogen) atoms. The fourth-order valence-corrected chi connectivity index (χ4v) is 3.83. The third kappa shape index (κ3) is 5.40. The summed E-state index contributed by atoms with van der Waals surface area (Å²) < 4.78 is 16.9. The molecule has 0 spiro atoms. The van der Waals surface area contributed by atoms with Crippen LogP contribution >= 0.6 is 11.6 Å². The SMILES string of the molecule is CCOc1cc(/C=C(/C#N)c2nc3ccc(OC)cc3[nH]2)cc(Cl)c1OCc1cccc([N+](=O)[O-])c1. The van der Waals surface area contributed by atoms with Crippen LogP contribution in [0.2, 0.25) is 5.02 Å². The number of nitriles is 1. The minimum absolute atomic E-state index is 0.0271. The third-order valence-corrected chi connectivity index (χ3v) is 5.49. The Labute approximate surface area is 211 Å². The number of halogens is 1. The van der Waals surface area contributed by atoms with E-state index < -0.39 is 4.92 Å². The molecule has 3 aromatic carbocycles. The van der Waals surface area contributed by atoms with E-state index >= 15 is 0 Å². The van der Waals surface area contributed by atoms with Gasteiger partial charge in [-0.3, -0.25) is 10.1 Å². The van der Waals surface area contributed by atoms with Crippen LogP contribution in [0.1, 0.15) is 23.9 Å². The fraction of sp³-hybridized carbons (Fsp3) is 0.154. The number of nitrogens with one attached hydrogen (secondary N) is 1. The van der Waals surface area contributed by atoms with E-state index in [2.05, 4.69) is 16.0 Å². The molecule has 0 aliphatic carbocycles. The molecule has 0 saturated carbocycles. The molecular weight excluding hydrogens is 484 g/mol. The first-order chi connectivity index (χ1) is 17.4. The molecule has 0 aliphatic rings. The first-order valence-electron chi connectivity index (χ1n) is 10.9. The number of non-ortho nitro benzene ring substituents is 1. The maximum absolute atomic E-state index is 11.0. The number of ether oxygens (including phenoxy) is 3. The van der Waals surface area contributed by atoms with Gasteiger partial charge in [-0.05, 0) is 48.4 Å². The van der Waals surface area contributed by atoms with Crippen molar-refractivity contribution in [3.05, 3.63) is 86.7 Å². The molecule has 1 aromatic heterocycles.